The van der Waals surface area contributed by atoms with Gasteiger partial charge in [0.15, 0.2) is 24.0 Å². The molecule has 0 bridgehead atoms. The van der Waals surface area contributed by atoms with Crippen LogP contribution in [0.4, 0.5) is 0 Å². The molecule has 2 saturated carbocycles. The number of hydrogen-bond acceptors (Lipinski definition) is 6. The van der Waals surface area contributed by atoms with Gasteiger partial charge in [0.05, 0.1) is 0 Å². The third-order valence-electron chi connectivity index (χ3n) is 9.20. The molecule has 7 heteroatoms. The van der Waals surface area contributed by atoms with Crippen molar-refractivity contribution in [2.45, 2.75) is 178 Å². The largest absolute Gasteiger partial charge is 0.354 e. The van der Waals surface area contributed by atoms with Crippen LogP contribution in [0.15, 0.2) is 0 Å². The summed E-state index contributed by atoms with van der Waals surface area (Å²) in [6.45, 7) is 2.94. The van der Waals surface area contributed by atoms with Gasteiger partial charge in [-0.1, -0.05) is 77.6 Å². The van der Waals surface area contributed by atoms with Gasteiger partial charge in [-0.3, -0.25) is 4.79 Å². The number of carbonyl (C=O) groups excluding carboxylic acids is 1. The van der Waals surface area contributed by atoms with Gasteiger partial charge in [0.2, 0.25) is 0 Å². The molecule has 3 saturated heterocycles. The minimum atomic E-state index is -0.724. The molecule has 2 spiro atoms. The number of fused-ring (bicyclic) bond motifs is 3. The van der Waals surface area contributed by atoms with Crippen molar-refractivity contribution in [2.24, 2.45) is 0 Å². The summed E-state index contributed by atoms with van der Waals surface area (Å²) in [5.41, 5.74) is 0. The van der Waals surface area contributed by atoms with E-state index in [0.717, 1.165) is 64.2 Å². The van der Waals surface area contributed by atoms with Crippen molar-refractivity contribution in [1.29, 1.82) is 0 Å². The van der Waals surface area contributed by atoms with Crippen molar-refractivity contribution in [3.8, 4) is 0 Å². The van der Waals surface area contributed by atoms with Gasteiger partial charge in [0.1, 0.15) is 18.3 Å². The molecular weight excluding hydrogens is 470 g/mol. The molecule has 1 amide bonds. The van der Waals surface area contributed by atoms with Crippen molar-refractivity contribution in [1.82, 2.24) is 5.32 Å². The Morgan fingerprint density at radius 3 is 1.78 bits per heavy atom. The van der Waals surface area contributed by atoms with E-state index >= 15 is 0 Å². The molecule has 5 rings (SSSR count). The Bertz CT molecular complexity index is 719. The molecule has 37 heavy (non-hydrogen) atoms. The molecule has 2 aliphatic carbocycles. The predicted molar refractivity (Wildman–Crippen MR) is 141 cm³/mol. The highest BCUT2D eigenvalue weighted by molar-refractivity contribution is 5.81. The van der Waals surface area contributed by atoms with Gasteiger partial charge in [0.25, 0.3) is 5.91 Å². The van der Waals surface area contributed by atoms with Crippen LogP contribution < -0.4 is 5.32 Å². The number of nitrogens with one attached hydrogen (secondary N) is 1. The van der Waals surface area contributed by atoms with Crippen LogP contribution in [-0.2, 0) is 28.5 Å². The maximum absolute atomic E-state index is 13.4. The minimum absolute atomic E-state index is 0.103. The summed E-state index contributed by atoms with van der Waals surface area (Å²) in [5, 5.41) is 3.14. The lowest BCUT2D eigenvalue weighted by atomic mass is 9.94. The van der Waals surface area contributed by atoms with E-state index in [2.05, 4.69) is 12.2 Å². The number of unbranched alkanes of at least 4 members (excludes halogenated alkanes) is 9. The van der Waals surface area contributed by atoms with Crippen LogP contribution in [0.25, 0.3) is 0 Å². The van der Waals surface area contributed by atoms with Gasteiger partial charge in [-0.2, -0.15) is 0 Å². The van der Waals surface area contributed by atoms with Gasteiger partial charge in [-0.05, 0) is 32.1 Å². The third-order valence-corrected chi connectivity index (χ3v) is 9.20. The van der Waals surface area contributed by atoms with Crippen LogP contribution in [0.2, 0.25) is 0 Å². The molecule has 3 heterocycles. The number of rotatable bonds is 12. The molecular formula is C30H51NO6. The van der Waals surface area contributed by atoms with Crippen LogP contribution in [-0.4, -0.2) is 54.7 Å². The van der Waals surface area contributed by atoms with E-state index in [-0.39, 0.29) is 18.1 Å². The van der Waals surface area contributed by atoms with Crippen molar-refractivity contribution >= 4 is 5.91 Å². The van der Waals surface area contributed by atoms with Crippen molar-refractivity contribution < 1.29 is 28.5 Å². The summed E-state index contributed by atoms with van der Waals surface area (Å²) in [6, 6.07) is 0. The highest BCUT2D eigenvalue weighted by atomic mass is 16.9. The summed E-state index contributed by atoms with van der Waals surface area (Å²) in [7, 11) is 0. The molecule has 5 fully saturated rings. The summed E-state index contributed by atoms with van der Waals surface area (Å²) in [6.07, 6.45) is 20.7. The lowest BCUT2D eigenvalue weighted by Crippen LogP contribution is -2.59. The van der Waals surface area contributed by atoms with Crippen LogP contribution in [0, 0.1) is 0 Å². The lowest BCUT2D eigenvalue weighted by Gasteiger charge is -2.36. The van der Waals surface area contributed by atoms with E-state index in [1.54, 1.807) is 0 Å². The van der Waals surface area contributed by atoms with E-state index in [1.165, 1.54) is 64.2 Å². The quantitative estimate of drug-likeness (QED) is 0.305. The Balaban J connectivity index is 1.11. The highest BCUT2D eigenvalue weighted by Gasteiger charge is 2.65. The standard InChI is InChI=1S/C30H51NO6/c1-2-3-4-5-6-7-8-9-10-17-22-31-27(32)25-23-24(35-29(34-23)18-13-11-14-19-29)26-28(33-25)37-30(36-26)20-15-12-16-21-30/h23-26,28H,2-22H2,1H3,(H,31,32)/t23-,24+,25+,26+,28+/m0/s1. The zero-order valence-electron chi connectivity index (χ0n) is 23.2. The molecule has 212 valence electrons. The van der Waals surface area contributed by atoms with Crippen LogP contribution in [0.3, 0.4) is 0 Å². The molecule has 5 atom stereocenters. The van der Waals surface area contributed by atoms with Gasteiger partial charge >= 0.3 is 0 Å². The average molecular weight is 522 g/mol. The zero-order valence-corrected chi connectivity index (χ0v) is 23.2. The Morgan fingerprint density at radius 1 is 0.649 bits per heavy atom. The predicted octanol–water partition coefficient (Wildman–Crippen LogP) is 6.27. The molecule has 0 unspecified atom stereocenters. The van der Waals surface area contributed by atoms with Crippen LogP contribution in [0.1, 0.15) is 135 Å². The Hall–Kier alpha value is -0.730. The maximum Gasteiger partial charge on any atom is 0.252 e. The molecule has 3 aliphatic heterocycles. The normalized spacial score (nSPS) is 33.9. The fourth-order valence-corrected chi connectivity index (χ4v) is 7.09. The molecule has 1 N–H and O–H groups in total. The number of amides is 1. The molecule has 7 nitrogen and oxygen atoms in total. The fourth-order valence-electron chi connectivity index (χ4n) is 7.09. The minimum Gasteiger partial charge on any atom is -0.354 e. The monoisotopic (exact) mass is 521 g/mol. The second kappa shape index (κ2) is 13.1. The van der Waals surface area contributed by atoms with E-state index in [4.69, 9.17) is 23.7 Å². The first-order valence-electron chi connectivity index (χ1n) is 15.8. The number of ether oxygens (including phenoxy) is 5. The Morgan fingerprint density at radius 2 is 1.16 bits per heavy atom. The zero-order chi connectivity index (χ0) is 25.6. The molecule has 0 aromatic rings. The van der Waals surface area contributed by atoms with Gasteiger partial charge < -0.3 is 29.0 Å². The van der Waals surface area contributed by atoms with E-state index in [0.29, 0.717) is 6.54 Å². The second-order valence-electron chi connectivity index (χ2n) is 12.2. The van der Waals surface area contributed by atoms with Crippen molar-refractivity contribution in [2.75, 3.05) is 6.54 Å². The van der Waals surface area contributed by atoms with E-state index in [1.807, 2.05) is 0 Å². The van der Waals surface area contributed by atoms with Gasteiger partial charge in [-0.15, -0.1) is 0 Å². The average Bonchev–Trinajstić information content (AvgIpc) is 3.45. The van der Waals surface area contributed by atoms with E-state index in [9.17, 15) is 4.79 Å². The summed E-state index contributed by atoms with van der Waals surface area (Å²) >= 11 is 0. The fraction of sp³-hybridized carbons (Fsp3) is 0.967. The SMILES string of the molecule is CCCCCCCCCCCCNC(=O)[C@@H]1O[C@@H]2OC3(CCCCC3)O[C@@H]2[C@@H]2OC3(CCCCC3)O[C@@H]21. The van der Waals surface area contributed by atoms with E-state index < -0.39 is 30.1 Å². The second-order valence-corrected chi connectivity index (χ2v) is 12.2. The maximum atomic E-state index is 13.4. The first kappa shape index (κ1) is 27.8. The van der Waals surface area contributed by atoms with Crippen molar-refractivity contribution in [3.05, 3.63) is 0 Å². The van der Waals surface area contributed by atoms with Crippen LogP contribution >= 0.6 is 0 Å². The number of carbonyl (C=O) groups is 1. The van der Waals surface area contributed by atoms with Gasteiger partial charge in [-0.25, -0.2) is 0 Å². The Kier molecular flexibility index (Phi) is 9.84. The summed E-state index contributed by atoms with van der Waals surface area (Å²) in [5.74, 6) is -1.30. The van der Waals surface area contributed by atoms with Gasteiger partial charge in [0, 0.05) is 32.2 Å². The summed E-state index contributed by atoms with van der Waals surface area (Å²) < 4.78 is 32.5. The summed E-state index contributed by atoms with van der Waals surface area (Å²) in [4.78, 5) is 13.4. The number of hydrogen-bond donors (Lipinski definition) is 1. The Labute approximate surface area is 224 Å². The first-order valence-corrected chi connectivity index (χ1v) is 15.8. The first-order chi connectivity index (χ1) is 18.1. The molecule has 0 radical (unpaired) electrons. The lowest BCUT2D eigenvalue weighted by molar-refractivity contribution is -0.247. The molecule has 0 aromatic heterocycles. The van der Waals surface area contributed by atoms with Crippen LogP contribution in [0.5, 0.6) is 0 Å². The van der Waals surface area contributed by atoms with Crippen molar-refractivity contribution in [3.63, 3.8) is 0 Å². The smallest absolute Gasteiger partial charge is 0.252 e. The molecule has 5 aliphatic rings. The topological polar surface area (TPSA) is 75.3 Å². The third kappa shape index (κ3) is 6.71. The molecule has 0 aromatic carbocycles. The highest BCUT2D eigenvalue weighted by Crippen LogP contribution is 2.50.